The lowest BCUT2D eigenvalue weighted by molar-refractivity contribution is -0.757. The minimum absolute atomic E-state index is 0.0460. The fraction of sp³-hybridized carbons (Fsp3) is 0.654. The van der Waals surface area contributed by atoms with Crippen molar-refractivity contribution in [2.24, 2.45) is 11.8 Å². The zero-order valence-electron chi connectivity index (χ0n) is 20.2. The number of ether oxygens (including phenoxy) is 1. The largest absolute Gasteiger partial charge is 0.466 e. The zero-order valence-corrected chi connectivity index (χ0v) is 20.2. The van der Waals surface area contributed by atoms with Crippen LogP contribution in [0.15, 0.2) is 42.5 Å². The Morgan fingerprint density at radius 2 is 1.83 bits per heavy atom. The second-order valence-corrected chi connectivity index (χ2v) is 9.18. The highest BCUT2D eigenvalue weighted by Crippen LogP contribution is 2.38. The van der Waals surface area contributed by atoms with Gasteiger partial charge in [0.2, 0.25) is 0 Å². The molecule has 0 bridgehead atoms. The average Bonchev–Trinajstić information content (AvgIpc) is 3.10. The molecule has 9 nitrogen and oxygen atoms in total. The van der Waals surface area contributed by atoms with Crippen molar-refractivity contribution < 1.29 is 34.8 Å². The first kappa shape index (κ1) is 28.7. The zero-order chi connectivity index (χ0) is 25.5. The molecule has 0 heterocycles. The molecule has 196 valence electrons. The molecule has 0 unspecified atom stereocenters. The van der Waals surface area contributed by atoms with E-state index in [1.165, 1.54) is 5.56 Å². The molecule has 2 rings (SSSR count). The van der Waals surface area contributed by atoms with Crippen LogP contribution in [0.1, 0.15) is 63.4 Å². The van der Waals surface area contributed by atoms with E-state index >= 15 is 0 Å². The summed E-state index contributed by atoms with van der Waals surface area (Å²) >= 11 is 0. The van der Waals surface area contributed by atoms with Gasteiger partial charge in [-0.05, 0) is 68.8 Å². The van der Waals surface area contributed by atoms with Gasteiger partial charge in [-0.1, -0.05) is 42.5 Å². The van der Waals surface area contributed by atoms with Gasteiger partial charge in [-0.15, -0.1) is 10.1 Å². The van der Waals surface area contributed by atoms with Crippen LogP contribution in [-0.4, -0.2) is 57.9 Å². The molecule has 5 atom stereocenters. The van der Waals surface area contributed by atoms with Crippen LogP contribution in [-0.2, 0) is 20.8 Å². The fourth-order valence-corrected chi connectivity index (χ4v) is 4.60. The summed E-state index contributed by atoms with van der Waals surface area (Å²) in [6.45, 7) is -0.00881. The second kappa shape index (κ2) is 16.2. The maximum absolute atomic E-state index is 11.7. The first-order valence-corrected chi connectivity index (χ1v) is 12.5. The van der Waals surface area contributed by atoms with Gasteiger partial charge in [-0.2, -0.15) is 0 Å². The van der Waals surface area contributed by atoms with E-state index in [1.54, 1.807) is 0 Å². The smallest absolute Gasteiger partial charge is 0.305 e. The van der Waals surface area contributed by atoms with E-state index in [0.717, 1.165) is 6.42 Å². The Balaban J connectivity index is 1.62. The normalized spacial score (nSPS) is 22.8. The molecule has 9 heteroatoms. The van der Waals surface area contributed by atoms with Crippen LogP contribution in [0, 0.1) is 22.0 Å². The third-order valence-electron chi connectivity index (χ3n) is 6.54. The molecule has 1 aromatic rings. The molecule has 1 aliphatic carbocycles. The van der Waals surface area contributed by atoms with Crippen molar-refractivity contribution in [2.75, 3.05) is 13.2 Å². The number of aliphatic hydroxyl groups excluding tert-OH is 3. The van der Waals surface area contributed by atoms with Gasteiger partial charge in [-0.3, -0.25) is 4.79 Å². The Hall–Kier alpha value is -2.49. The van der Waals surface area contributed by atoms with E-state index in [1.807, 2.05) is 42.5 Å². The molecule has 1 aromatic carbocycles. The molecule has 0 aromatic heterocycles. The van der Waals surface area contributed by atoms with Crippen molar-refractivity contribution in [3.8, 4) is 0 Å². The van der Waals surface area contributed by atoms with Crippen LogP contribution in [0.5, 0.6) is 0 Å². The van der Waals surface area contributed by atoms with Crippen LogP contribution < -0.4 is 0 Å². The van der Waals surface area contributed by atoms with E-state index < -0.39 is 23.4 Å². The lowest BCUT2D eigenvalue weighted by Gasteiger charge is -2.23. The van der Waals surface area contributed by atoms with Crippen LogP contribution >= 0.6 is 0 Å². The van der Waals surface area contributed by atoms with Crippen molar-refractivity contribution >= 4 is 5.97 Å². The van der Waals surface area contributed by atoms with Crippen molar-refractivity contribution in [2.45, 2.75) is 82.5 Å². The van der Waals surface area contributed by atoms with E-state index in [4.69, 9.17) is 4.74 Å². The number of carbonyl (C=O) groups is 1. The van der Waals surface area contributed by atoms with Gasteiger partial charge < -0.3 is 24.9 Å². The highest BCUT2D eigenvalue weighted by atomic mass is 16.9. The maximum atomic E-state index is 11.7. The Morgan fingerprint density at radius 3 is 2.57 bits per heavy atom. The van der Waals surface area contributed by atoms with Crippen LogP contribution in [0.3, 0.4) is 0 Å². The average molecular weight is 494 g/mol. The number of hydrogen-bond donors (Lipinski definition) is 3. The first-order chi connectivity index (χ1) is 16.9. The third kappa shape index (κ3) is 11.7. The first-order valence-electron chi connectivity index (χ1n) is 12.5. The van der Waals surface area contributed by atoms with E-state index in [-0.39, 0.29) is 43.9 Å². The number of hydrogen-bond acceptors (Lipinski definition) is 8. The van der Waals surface area contributed by atoms with Gasteiger partial charge in [0.05, 0.1) is 31.5 Å². The molecule has 3 N–H and O–H groups in total. The lowest BCUT2D eigenvalue weighted by atomic mass is 9.85. The van der Waals surface area contributed by atoms with E-state index in [0.29, 0.717) is 44.9 Å². The number of carbonyl (C=O) groups excluding carboxylic acids is 1. The lowest BCUT2D eigenvalue weighted by Crippen LogP contribution is -2.23. The fourth-order valence-electron chi connectivity index (χ4n) is 4.60. The van der Waals surface area contributed by atoms with Gasteiger partial charge in [0, 0.05) is 12.8 Å². The summed E-state index contributed by atoms with van der Waals surface area (Å²) in [4.78, 5) is 25.8. The van der Waals surface area contributed by atoms with Gasteiger partial charge in [0.1, 0.15) is 0 Å². The number of aryl methyl sites for hydroxylation is 1. The van der Waals surface area contributed by atoms with Gasteiger partial charge >= 0.3 is 5.97 Å². The van der Waals surface area contributed by atoms with E-state index in [9.17, 15) is 30.2 Å². The minimum atomic E-state index is -0.877. The van der Waals surface area contributed by atoms with Crippen LogP contribution in [0.4, 0.5) is 0 Å². The molecule has 0 amide bonds. The van der Waals surface area contributed by atoms with Crippen molar-refractivity contribution in [1.29, 1.82) is 0 Å². The molecule has 0 saturated heterocycles. The topological polar surface area (TPSA) is 139 Å². The van der Waals surface area contributed by atoms with Crippen molar-refractivity contribution in [3.05, 3.63) is 58.2 Å². The van der Waals surface area contributed by atoms with Crippen LogP contribution in [0.2, 0.25) is 0 Å². The Kier molecular flexibility index (Phi) is 13.3. The summed E-state index contributed by atoms with van der Waals surface area (Å²) in [5, 5.41) is 40.4. The van der Waals surface area contributed by atoms with Crippen LogP contribution in [0.25, 0.3) is 0 Å². The Labute approximate surface area is 206 Å². The number of allylic oxidation sites excluding steroid dienone is 2. The summed E-state index contributed by atoms with van der Waals surface area (Å²) in [7, 11) is 0. The molecular weight excluding hydrogens is 454 g/mol. The molecule has 0 aliphatic heterocycles. The predicted octanol–water partition coefficient (Wildman–Crippen LogP) is 3.38. The number of benzene rings is 1. The second-order valence-electron chi connectivity index (χ2n) is 9.18. The van der Waals surface area contributed by atoms with Crippen molar-refractivity contribution in [3.63, 3.8) is 0 Å². The number of rotatable bonds is 17. The summed E-state index contributed by atoms with van der Waals surface area (Å²) in [5.41, 5.74) is 1.20. The Bertz CT molecular complexity index is 772. The van der Waals surface area contributed by atoms with E-state index in [2.05, 4.69) is 4.84 Å². The Morgan fingerprint density at radius 1 is 1.09 bits per heavy atom. The summed E-state index contributed by atoms with van der Waals surface area (Å²) in [6, 6.07) is 10.0. The van der Waals surface area contributed by atoms with Gasteiger partial charge in [-0.25, -0.2) is 0 Å². The minimum Gasteiger partial charge on any atom is -0.466 e. The summed E-state index contributed by atoms with van der Waals surface area (Å²) in [6.07, 6.45) is 8.01. The summed E-state index contributed by atoms with van der Waals surface area (Å²) in [5.74, 6) is -0.441. The molecule has 35 heavy (non-hydrogen) atoms. The third-order valence-corrected chi connectivity index (χ3v) is 6.54. The van der Waals surface area contributed by atoms with Gasteiger partial charge in [0.15, 0.2) is 0 Å². The predicted molar refractivity (Wildman–Crippen MR) is 130 cm³/mol. The number of nitrogens with zero attached hydrogens (tertiary/aromatic N) is 1. The number of unbranched alkanes of at least 4 members (excludes halogenated alkanes) is 1. The molecule has 1 fully saturated rings. The summed E-state index contributed by atoms with van der Waals surface area (Å²) < 4.78 is 4.99. The highest BCUT2D eigenvalue weighted by Gasteiger charge is 2.40. The van der Waals surface area contributed by atoms with Crippen molar-refractivity contribution in [1.82, 2.24) is 0 Å². The quantitative estimate of drug-likeness (QED) is 0.0987. The molecule has 0 radical (unpaired) electrons. The molecule has 1 aliphatic rings. The molecule has 1 saturated carbocycles. The highest BCUT2D eigenvalue weighted by molar-refractivity contribution is 5.69. The monoisotopic (exact) mass is 493 g/mol. The standard InChI is InChI=1S/C26H39NO8/c28-21(14-13-20-9-4-3-5-10-20)15-16-23-22(24(29)19-25(23)30)11-6-1-2-7-12-26(31)34-17-8-18-35-27(32)33/h1,3-6,9-10,21-25,28-30H,2,7-8,11-19H2/t21-,22+,23+,24-,25+/m0/s1. The number of esters is 1. The molecule has 0 spiro atoms. The maximum Gasteiger partial charge on any atom is 0.305 e. The SMILES string of the molecule is O=C(CCCC=CC[C@@H]1[C@@H](CC[C@@H](O)CCc2ccccc2)[C@H](O)C[C@@H]1O)OCCCO[N+](=O)[O-]. The molecular formula is C26H39NO8. The van der Waals surface area contributed by atoms with Gasteiger partial charge in [0.25, 0.3) is 5.09 Å². The number of aliphatic hydroxyl groups is 3.